The summed E-state index contributed by atoms with van der Waals surface area (Å²) in [5.41, 5.74) is 7.35. The molecule has 1 aliphatic carbocycles. The maximum Gasteiger partial charge on any atom is 0.244 e. The van der Waals surface area contributed by atoms with Crippen LogP contribution < -0.4 is 5.73 Å². The van der Waals surface area contributed by atoms with Crippen molar-refractivity contribution in [2.24, 2.45) is 11.7 Å². The minimum atomic E-state index is -3.74. The predicted molar refractivity (Wildman–Crippen MR) is 98.0 cm³/mol. The third-order valence-electron chi connectivity index (χ3n) is 5.85. The number of nitrogens with two attached hydrogens (primary N) is 1. The van der Waals surface area contributed by atoms with Crippen molar-refractivity contribution in [3.05, 3.63) is 29.3 Å². The molecule has 25 heavy (non-hydrogen) atoms. The third kappa shape index (κ3) is 2.99. The fourth-order valence-corrected chi connectivity index (χ4v) is 6.69. The summed E-state index contributed by atoms with van der Waals surface area (Å²) in [7, 11) is -3.74. The second kappa shape index (κ2) is 6.72. The molecule has 138 valence electrons. The number of likely N-dealkylation sites (tertiary alicyclic amines) is 1. The van der Waals surface area contributed by atoms with Crippen LogP contribution >= 0.6 is 0 Å². The lowest BCUT2D eigenvalue weighted by molar-refractivity contribution is -0.133. The van der Waals surface area contributed by atoms with E-state index in [0.717, 1.165) is 24.8 Å². The van der Waals surface area contributed by atoms with Gasteiger partial charge < -0.3 is 10.6 Å². The molecule has 2 fully saturated rings. The van der Waals surface area contributed by atoms with Crippen LogP contribution in [0.3, 0.4) is 0 Å². The molecule has 0 spiro atoms. The maximum absolute atomic E-state index is 13.6. The number of amides is 1. The summed E-state index contributed by atoms with van der Waals surface area (Å²) in [6.45, 7) is 5.43. The highest BCUT2D eigenvalue weighted by Crippen LogP contribution is 2.43. The quantitative estimate of drug-likeness (QED) is 0.888. The Kier molecular flexibility index (Phi) is 4.95. The molecule has 1 aromatic rings. The van der Waals surface area contributed by atoms with Gasteiger partial charge >= 0.3 is 0 Å². The molecule has 3 rings (SSSR count). The summed E-state index contributed by atoms with van der Waals surface area (Å²) in [4.78, 5) is 15.4. The van der Waals surface area contributed by atoms with Crippen molar-refractivity contribution in [2.45, 2.75) is 55.6 Å². The Morgan fingerprint density at radius 1 is 1.28 bits per heavy atom. The molecular weight excluding hydrogens is 336 g/mol. The van der Waals surface area contributed by atoms with E-state index in [4.69, 9.17) is 5.73 Å². The molecule has 6 heteroatoms. The van der Waals surface area contributed by atoms with Crippen LogP contribution in [0.25, 0.3) is 0 Å². The van der Waals surface area contributed by atoms with Gasteiger partial charge in [0.1, 0.15) is 0 Å². The van der Waals surface area contributed by atoms with Crippen LogP contribution in [-0.4, -0.2) is 43.6 Å². The van der Waals surface area contributed by atoms with Gasteiger partial charge in [-0.25, -0.2) is 8.42 Å². The summed E-state index contributed by atoms with van der Waals surface area (Å²) in [5, 5.41) is 0. The van der Waals surface area contributed by atoms with Crippen LogP contribution in [0.5, 0.6) is 0 Å². The number of carbonyl (C=O) groups excluding carboxylic acids is 1. The second-order valence-corrected chi connectivity index (χ2v) is 9.84. The zero-order valence-electron chi connectivity index (χ0n) is 15.1. The van der Waals surface area contributed by atoms with Crippen LogP contribution in [0.4, 0.5) is 0 Å². The van der Waals surface area contributed by atoms with E-state index in [1.165, 1.54) is 0 Å². The molecule has 1 unspecified atom stereocenters. The van der Waals surface area contributed by atoms with Gasteiger partial charge in [0.15, 0.2) is 14.6 Å². The summed E-state index contributed by atoms with van der Waals surface area (Å²) in [6, 6.07) is 5.45. The molecule has 1 amide bonds. The monoisotopic (exact) mass is 364 g/mol. The van der Waals surface area contributed by atoms with Gasteiger partial charge in [0, 0.05) is 13.1 Å². The molecule has 2 N–H and O–H groups in total. The first kappa shape index (κ1) is 18.4. The Bertz CT molecular complexity index is 767. The van der Waals surface area contributed by atoms with Crippen LogP contribution in [0.1, 0.15) is 43.2 Å². The van der Waals surface area contributed by atoms with E-state index in [1.807, 2.05) is 19.1 Å². The lowest BCUT2D eigenvalue weighted by atomic mass is 10.1. The fraction of sp³-hybridized carbons (Fsp3) is 0.632. The highest BCUT2D eigenvalue weighted by molar-refractivity contribution is 7.93. The number of hydrogen-bond donors (Lipinski definition) is 1. The Balaban J connectivity index is 2.03. The molecule has 0 aromatic heterocycles. The Morgan fingerprint density at radius 3 is 2.56 bits per heavy atom. The van der Waals surface area contributed by atoms with Crippen molar-refractivity contribution in [3.8, 4) is 0 Å². The molecule has 0 bridgehead atoms. The van der Waals surface area contributed by atoms with Gasteiger partial charge in [0.2, 0.25) is 5.91 Å². The molecule has 1 aliphatic heterocycles. The third-order valence-corrected chi connectivity index (χ3v) is 8.49. The summed E-state index contributed by atoms with van der Waals surface area (Å²) in [6.07, 6.45) is 3.27. The Labute approximate surface area is 150 Å². The fourth-order valence-electron chi connectivity index (χ4n) is 4.25. The zero-order valence-corrected chi connectivity index (χ0v) is 15.9. The predicted octanol–water partition coefficient (Wildman–Crippen LogP) is 2.20. The van der Waals surface area contributed by atoms with E-state index in [1.54, 1.807) is 17.9 Å². The van der Waals surface area contributed by atoms with Crippen LogP contribution in [-0.2, 0) is 14.6 Å². The Hall–Kier alpha value is -1.40. The van der Waals surface area contributed by atoms with Crippen molar-refractivity contribution < 1.29 is 13.2 Å². The lowest BCUT2D eigenvalue weighted by Crippen LogP contribution is -2.52. The van der Waals surface area contributed by atoms with Gasteiger partial charge in [0.25, 0.3) is 0 Å². The van der Waals surface area contributed by atoms with Crippen LogP contribution in [0, 0.1) is 19.8 Å². The largest absolute Gasteiger partial charge is 0.341 e. The SMILES string of the molecule is Cc1ccc(C)c(S(=O)(=O)C2(C(=O)N3CCC(CN)C3)CCCC2)c1. The number of hydrogen-bond acceptors (Lipinski definition) is 4. The van der Waals surface area contributed by atoms with Gasteiger partial charge in [-0.05, 0) is 62.8 Å². The summed E-state index contributed by atoms with van der Waals surface area (Å²) in [5.74, 6) is 0.0765. The molecule has 1 aromatic carbocycles. The summed E-state index contributed by atoms with van der Waals surface area (Å²) >= 11 is 0. The zero-order chi connectivity index (χ0) is 18.2. The number of benzene rings is 1. The van der Waals surface area contributed by atoms with Gasteiger partial charge in [-0.1, -0.05) is 25.0 Å². The number of aryl methyl sites for hydroxylation is 2. The average Bonchev–Trinajstić information content (AvgIpc) is 3.26. The smallest absolute Gasteiger partial charge is 0.244 e. The molecule has 2 aliphatic rings. The number of rotatable bonds is 4. The first-order valence-corrected chi connectivity index (χ1v) is 10.6. The Morgan fingerprint density at radius 2 is 1.96 bits per heavy atom. The molecule has 1 saturated carbocycles. The van der Waals surface area contributed by atoms with E-state index >= 15 is 0 Å². The van der Waals surface area contributed by atoms with E-state index in [-0.39, 0.29) is 11.8 Å². The number of carbonyl (C=O) groups is 1. The van der Waals surface area contributed by atoms with Gasteiger partial charge in [-0.3, -0.25) is 4.79 Å². The molecule has 0 radical (unpaired) electrons. The molecular formula is C19H28N2O3S. The topological polar surface area (TPSA) is 80.5 Å². The molecule has 1 atom stereocenters. The lowest BCUT2D eigenvalue weighted by Gasteiger charge is -2.32. The first-order valence-electron chi connectivity index (χ1n) is 9.13. The van der Waals surface area contributed by atoms with Crippen molar-refractivity contribution in [1.82, 2.24) is 4.90 Å². The minimum Gasteiger partial charge on any atom is -0.341 e. The maximum atomic E-state index is 13.6. The first-order chi connectivity index (χ1) is 11.8. The van der Waals surface area contributed by atoms with E-state index in [9.17, 15) is 13.2 Å². The van der Waals surface area contributed by atoms with E-state index in [0.29, 0.717) is 42.9 Å². The normalized spacial score (nSPS) is 23.2. The summed E-state index contributed by atoms with van der Waals surface area (Å²) < 4.78 is 25.9. The highest BCUT2D eigenvalue weighted by Gasteiger charge is 2.55. The minimum absolute atomic E-state index is 0.207. The van der Waals surface area contributed by atoms with Crippen LogP contribution in [0.15, 0.2) is 23.1 Å². The van der Waals surface area contributed by atoms with Crippen LogP contribution in [0.2, 0.25) is 0 Å². The number of sulfone groups is 1. The van der Waals surface area contributed by atoms with Crippen molar-refractivity contribution >= 4 is 15.7 Å². The van der Waals surface area contributed by atoms with Crippen molar-refractivity contribution in [3.63, 3.8) is 0 Å². The van der Waals surface area contributed by atoms with Gasteiger partial charge in [0.05, 0.1) is 4.90 Å². The average molecular weight is 365 g/mol. The highest BCUT2D eigenvalue weighted by atomic mass is 32.2. The molecule has 1 saturated heterocycles. The van der Waals surface area contributed by atoms with E-state index in [2.05, 4.69) is 0 Å². The van der Waals surface area contributed by atoms with Crippen molar-refractivity contribution in [2.75, 3.05) is 19.6 Å². The standard InChI is InChI=1S/C19H28N2O3S/c1-14-5-6-15(2)17(11-14)25(23,24)19(8-3-4-9-19)18(22)21-10-7-16(12-20)13-21/h5-6,11,16H,3-4,7-10,12-13,20H2,1-2H3. The second-order valence-electron chi connectivity index (χ2n) is 7.62. The van der Waals surface area contributed by atoms with Gasteiger partial charge in [-0.15, -0.1) is 0 Å². The number of nitrogens with zero attached hydrogens (tertiary/aromatic N) is 1. The molecule has 5 nitrogen and oxygen atoms in total. The van der Waals surface area contributed by atoms with Gasteiger partial charge in [-0.2, -0.15) is 0 Å². The van der Waals surface area contributed by atoms with E-state index < -0.39 is 14.6 Å². The van der Waals surface area contributed by atoms with Crippen molar-refractivity contribution in [1.29, 1.82) is 0 Å². The molecule has 1 heterocycles.